The summed E-state index contributed by atoms with van der Waals surface area (Å²) in [6, 6.07) is 3.72. The first-order chi connectivity index (χ1) is 9.47. The summed E-state index contributed by atoms with van der Waals surface area (Å²) in [4.78, 5) is 29.6. The summed E-state index contributed by atoms with van der Waals surface area (Å²) in [7, 11) is 0. The third kappa shape index (κ3) is 3.09. The van der Waals surface area contributed by atoms with Crippen LogP contribution >= 0.6 is 11.8 Å². The number of carboxylic acid groups (broad SMARTS) is 1. The molecule has 0 aliphatic rings. The van der Waals surface area contributed by atoms with Crippen LogP contribution in [-0.4, -0.2) is 26.0 Å². The van der Waals surface area contributed by atoms with Gasteiger partial charge in [0.1, 0.15) is 0 Å². The third-order valence-corrected chi connectivity index (χ3v) is 3.32. The topological polar surface area (TPSA) is 106 Å². The second-order valence-electron chi connectivity index (χ2n) is 3.89. The standard InChI is InChI=1S/C12H9N3O4S/c1-7-5-13-12(14-6-7)20-10-3-2-8(11(16)17)4-9(10)15(18)19/h2-6H,1H3,(H,16,17). The van der Waals surface area contributed by atoms with Crippen molar-refractivity contribution in [1.29, 1.82) is 0 Å². The maximum absolute atomic E-state index is 11.0. The van der Waals surface area contributed by atoms with E-state index in [1.807, 2.05) is 6.92 Å². The lowest BCUT2D eigenvalue weighted by molar-refractivity contribution is -0.387. The second kappa shape index (κ2) is 5.66. The summed E-state index contributed by atoms with van der Waals surface area (Å²) in [5, 5.41) is 20.2. The van der Waals surface area contributed by atoms with Crippen molar-refractivity contribution in [2.24, 2.45) is 0 Å². The fraction of sp³-hybridized carbons (Fsp3) is 0.0833. The SMILES string of the molecule is Cc1cnc(Sc2ccc(C(=O)O)cc2[N+](=O)[O-])nc1. The fourth-order valence-corrected chi connectivity index (χ4v) is 2.19. The van der Waals surface area contributed by atoms with Gasteiger partial charge in [0.05, 0.1) is 15.4 Å². The Hall–Kier alpha value is -2.48. The zero-order valence-corrected chi connectivity index (χ0v) is 11.1. The number of nitrogens with zero attached hydrogens (tertiary/aromatic N) is 3. The first-order valence-corrected chi connectivity index (χ1v) is 6.27. The minimum absolute atomic E-state index is 0.133. The molecule has 20 heavy (non-hydrogen) atoms. The third-order valence-electron chi connectivity index (χ3n) is 2.36. The first-order valence-electron chi connectivity index (χ1n) is 5.45. The minimum Gasteiger partial charge on any atom is -0.478 e. The predicted molar refractivity (Wildman–Crippen MR) is 70.9 cm³/mol. The Kier molecular flexibility index (Phi) is 3.94. The van der Waals surface area contributed by atoms with Crippen LogP contribution in [0.4, 0.5) is 5.69 Å². The molecule has 7 nitrogen and oxygen atoms in total. The van der Waals surface area contributed by atoms with Gasteiger partial charge in [-0.1, -0.05) is 0 Å². The molecule has 0 spiro atoms. The number of aromatic nitrogens is 2. The van der Waals surface area contributed by atoms with Gasteiger partial charge in [0.2, 0.25) is 0 Å². The number of hydrogen-bond acceptors (Lipinski definition) is 6. The van der Waals surface area contributed by atoms with Gasteiger partial charge in [-0.2, -0.15) is 0 Å². The predicted octanol–water partition coefficient (Wildman–Crippen LogP) is 2.54. The Morgan fingerprint density at radius 3 is 2.55 bits per heavy atom. The summed E-state index contributed by atoms with van der Waals surface area (Å²) in [5.74, 6) is -1.21. The van der Waals surface area contributed by atoms with Crippen molar-refractivity contribution in [2.75, 3.05) is 0 Å². The van der Waals surface area contributed by atoms with Crippen molar-refractivity contribution in [3.63, 3.8) is 0 Å². The minimum atomic E-state index is -1.21. The van der Waals surface area contributed by atoms with E-state index in [9.17, 15) is 14.9 Å². The van der Waals surface area contributed by atoms with E-state index >= 15 is 0 Å². The Bertz CT molecular complexity index is 673. The molecule has 102 valence electrons. The Morgan fingerprint density at radius 1 is 1.35 bits per heavy atom. The number of nitro benzene ring substituents is 1. The highest BCUT2D eigenvalue weighted by Gasteiger charge is 2.18. The van der Waals surface area contributed by atoms with Gasteiger partial charge in [0.25, 0.3) is 5.69 Å². The highest BCUT2D eigenvalue weighted by molar-refractivity contribution is 7.99. The lowest BCUT2D eigenvalue weighted by Gasteiger charge is -2.03. The monoisotopic (exact) mass is 291 g/mol. The van der Waals surface area contributed by atoms with E-state index in [0.29, 0.717) is 10.1 Å². The number of carboxylic acids is 1. The molecule has 2 rings (SSSR count). The molecule has 1 aromatic heterocycles. The fourth-order valence-electron chi connectivity index (χ4n) is 1.41. The Labute approximate surface area is 117 Å². The van der Waals surface area contributed by atoms with Crippen molar-refractivity contribution in [3.8, 4) is 0 Å². The van der Waals surface area contributed by atoms with Gasteiger partial charge in [0.15, 0.2) is 5.16 Å². The molecule has 0 aliphatic heterocycles. The van der Waals surface area contributed by atoms with Gasteiger partial charge in [-0.05, 0) is 36.4 Å². The van der Waals surface area contributed by atoms with Crippen LogP contribution < -0.4 is 0 Å². The van der Waals surface area contributed by atoms with Gasteiger partial charge in [-0.25, -0.2) is 14.8 Å². The van der Waals surface area contributed by atoms with Crippen LogP contribution in [0.3, 0.4) is 0 Å². The number of aromatic carboxylic acids is 1. The van der Waals surface area contributed by atoms with Crippen molar-refractivity contribution in [3.05, 3.63) is 51.8 Å². The van der Waals surface area contributed by atoms with Crippen LogP contribution in [0.2, 0.25) is 0 Å². The lowest BCUT2D eigenvalue weighted by atomic mass is 10.2. The molecular formula is C12H9N3O4S. The van der Waals surface area contributed by atoms with Crippen molar-refractivity contribution in [1.82, 2.24) is 9.97 Å². The maximum Gasteiger partial charge on any atom is 0.335 e. The molecule has 2 aromatic rings. The Balaban J connectivity index is 2.38. The molecule has 0 atom stereocenters. The highest BCUT2D eigenvalue weighted by Crippen LogP contribution is 2.33. The molecule has 0 radical (unpaired) electrons. The average Bonchev–Trinajstić information content (AvgIpc) is 2.41. The number of benzene rings is 1. The van der Waals surface area contributed by atoms with Crippen LogP contribution in [-0.2, 0) is 0 Å². The molecule has 1 N–H and O–H groups in total. The van der Waals surface area contributed by atoms with Crippen LogP contribution in [0.1, 0.15) is 15.9 Å². The van der Waals surface area contributed by atoms with Crippen LogP contribution in [0, 0.1) is 17.0 Å². The van der Waals surface area contributed by atoms with E-state index in [-0.39, 0.29) is 11.3 Å². The van der Waals surface area contributed by atoms with Gasteiger partial charge in [-0.3, -0.25) is 10.1 Å². The normalized spacial score (nSPS) is 10.2. The number of rotatable bonds is 4. The zero-order chi connectivity index (χ0) is 14.7. The number of carbonyl (C=O) groups is 1. The van der Waals surface area contributed by atoms with Gasteiger partial charge in [-0.15, -0.1) is 0 Å². The molecule has 0 fully saturated rings. The van der Waals surface area contributed by atoms with E-state index < -0.39 is 10.9 Å². The lowest BCUT2D eigenvalue weighted by Crippen LogP contribution is -1.99. The molecule has 0 bridgehead atoms. The molecule has 0 unspecified atom stereocenters. The molecule has 1 heterocycles. The summed E-state index contributed by atoms with van der Waals surface area (Å²) >= 11 is 1.01. The van der Waals surface area contributed by atoms with Crippen LogP contribution in [0.5, 0.6) is 0 Å². The highest BCUT2D eigenvalue weighted by atomic mass is 32.2. The number of nitro groups is 1. The van der Waals surface area contributed by atoms with Crippen LogP contribution in [0.25, 0.3) is 0 Å². The van der Waals surface area contributed by atoms with E-state index in [4.69, 9.17) is 5.11 Å². The van der Waals surface area contributed by atoms with Crippen LogP contribution in [0.15, 0.2) is 40.6 Å². The first kappa shape index (κ1) is 13.9. The molecular weight excluding hydrogens is 282 g/mol. The molecule has 8 heteroatoms. The Morgan fingerprint density at radius 2 is 2.00 bits per heavy atom. The number of hydrogen-bond donors (Lipinski definition) is 1. The molecule has 0 amide bonds. The molecule has 0 saturated heterocycles. The van der Waals surface area contributed by atoms with Gasteiger partial charge < -0.3 is 5.11 Å². The van der Waals surface area contributed by atoms with Crippen molar-refractivity contribution >= 4 is 23.4 Å². The average molecular weight is 291 g/mol. The molecule has 0 aliphatic carbocycles. The smallest absolute Gasteiger partial charge is 0.335 e. The van der Waals surface area contributed by atoms with Gasteiger partial charge >= 0.3 is 5.97 Å². The number of aryl methyl sites for hydroxylation is 1. The van der Waals surface area contributed by atoms with E-state index in [0.717, 1.165) is 23.4 Å². The summed E-state index contributed by atoms with van der Waals surface area (Å²) in [5.41, 5.74) is 0.468. The van der Waals surface area contributed by atoms with Gasteiger partial charge in [0, 0.05) is 18.5 Å². The molecule has 1 aromatic carbocycles. The van der Waals surface area contributed by atoms with E-state index in [1.54, 1.807) is 12.4 Å². The summed E-state index contributed by atoms with van der Waals surface area (Å²) in [6.45, 7) is 1.83. The largest absolute Gasteiger partial charge is 0.478 e. The quantitative estimate of drug-likeness (QED) is 0.524. The summed E-state index contributed by atoms with van der Waals surface area (Å²) < 4.78 is 0. The van der Waals surface area contributed by atoms with Crippen molar-refractivity contribution < 1.29 is 14.8 Å². The second-order valence-corrected chi connectivity index (χ2v) is 4.90. The zero-order valence-electron chi connectivity index (χ0n) is 10.3. The maximum atomic E-state index is 11.0. The van der Waals surface area contributed by atoms with E-state index in [1.165, 1.54) is 12.1 Å². The van der Waals surface area contributed by atoms with E-state index in [2.05, 4.69) is 9.97 Å². The van der Waals surface area contributed by atoms with Crippen molar-refractivity contribution in [2.45, 2.75) is 17.0 Å². The summed E-state index contributed by atoms with van der Waals surface area (Å²) in [6.07, 6.45) is 3.21. The molecule has 0 saturated carbocycles.